The highest BCUT2D eigenvalue weighted by Crippen LogP contribution is 2.22. The van der Waals surface area contributed by atoms with E-state index in [2.05, 4.69) is 5.32 Å². The van der Waals surface area contributed by atoms with Crippen molar-refractivity contribution in [3.63, 3.8) is 0 Å². The fourth-order valence-electron chi connectivity index (χ4n) is 1.39. The number of halogens is 2. The van der Waals surface area contributed by atoms with Gasteiger partial charge < -0.3 is 10.2 Å². The van der Waals surface area contributed by atoms with Crippen LogP contribution in [0, 0.1) is 21.7 Å². The van der Waals surface area contributed by atoms with Crippen LogP contribution in [0.5, 0.6) is 0 Å². The van der Waals surface area contributed by atoms with Crippen LogP contribution in [0.25, 0.3) is 0 Å². The summed E-state index contributed by atoms with van der Waals surface area (Å²) in [6.45, 7) is 2.03. The lowest BCUT2D eigenvalue weighted by molar-refractivity contribution is -0.387. The van der Waals surface area contributed by atoms with Crippen LogP contribution in [-0.2, 0) is 0 Å². The van der Waals surface area contributed by atoms with Gasteiger partial charge in [0.15, 0.2) is 0 Å². The standard InChI is InChI=1S/C12H15F2N3O3/c1-7(16(2)3)6-15-12(18)9-4-8(13)5-10(11(9)14)17(19)20/h4-5,7H,6H2,1-3H3,(H,15,18). The molecule has 8 heteroatoms. The summed E-state index contributed by atoms with van der Waals surface area (Å²) in [7, 11) is 3.59. The van der Waals surface area contributed by atoms with Crippen LogP contribution in [0.1, 0.15) is 17.3 Å². The first-order valence-electron chi connectivity index (χ1n) is 5.82. The van der Waals surface area contributed by atoms with Crippen molar-refractivity contribution in [1.29, 1.82) is 0 Å². The number of nitrogens with one attached hydrogen (secondary N) is 1. The Labute approximate surface area is 114 Å². The number of benzene rings is 1. The van der Waals surface area contributed by atoms with E-state index in [-0.39, 0.29) is 12.6 Å². The highest BCUT2D eigenvalue weighted by atomic mass is 19.1. The first kappa shape index (κ1) is 16.0. The molecular weight excluding hydrogens is 272 g/mol. The predicted molar refractivity (Wildman–Crippen MR) is 68.5 cm³/mol. The molecule has 0 fully saturated rings. The van der Waals surface area contributed by atoms with Crippen LogP contribution < -0.4 is 5.32 Å². The van der Waals surface area contributed by atoms with Gasteiger partial charge in [-0.15, -0.1) is 0 Å². The van der Waals surface area contributed by atoms with E-state index >= 15 is 0 Å². The Morgan fingerprint density at radius 1 is 1.45 bits per heavy atom. The second kappa shape index (κ2) is 6.38. The minimum Gasteiger partial charge on any atom is -0.350 e. The van der Waals surface area contributed by atoms with E-state index in [1.54, 1.807) is 14.1 Å². The van der Waals surface area contributed by atoms with Crippen molar-refractivity contribution in [1.82, 2.24) is 10.2 Å². The van der Waals surface area contributed by atoms with Gasteiger partial charge in [-0.2, -0.15) is 4.39 Å². The van der Waals surface area contributed by atoms with Gasteiger partial charge in [0, 0.05) is 12.6 Å². The van der Waals surface area contributed by atoms with Crippen molar-refractivity contribution in [2.45, 2.75) is 13.0 Å². The van der Waals surface area contributed by atoms with Crippen LogP contribution in [-0.4, -0.2) is 42.4 Å². The molecular formula is C12H15F2N3O3. The lowest BCUT2D eigenvalue weighted by atomic mass is 10.1. The first-order valence-corrected chi connectivity index (χ1v) is 5.82. The number of hydrogen-bond acceptors (Lipinski definition) is 4. The lowest BCUT2D eigenvalue weighted by Crippen LogP contribution is -2.38. The number of nitrogens with zero attached hydrogens (tertiary/aromatic N) is 2. The van der Waals surface area contributed by atoms with Crippen LogP contribution in [0.3, 0.4) is 0 Å². The van der Waals surface area contributed by atoms with Gasteiger partial charge in [0.2, 0.25) is 5.82 Å². The largest absolute Gasteiger partial charge is 0.350 e. The second-order valence-corrected chi connectivity index (χ2v) is 4.57. The molecule has 0 aliphatic rings. The molecule has 20 heavy (non-hydrogen) atoms. The van der Waals surface area contributed by atoms with Gasteiger partial charge in [-0.25, -0.2) is 4.39 Å². The second-order valence-electron chi connectivity index (χ2n) is 4.57. The van der Waals surface area contributed by atoms with Gasteiger partial charge in [0.25, 0.3) is 5.91 Å². The van der Waals surface area contributed by atoms with Crippen LogP contribution >= 0.6 is 0 Å². The predicted octanol–water partition coefficient (Wildman–Crippen LogP) is 1.55. The third kappa shape index (κ3) is 3.70. The summed E-state index contributed by atoms with van der Waals surface area (Å²) in [6.07, 6.45) is 0. The molecule has 1 unspecified atom stereocenters. The molecule has 1 aromatic carbocycles. The normalized spacial score (nSPS) is 12.3. The van der Waals surface area contributed by atoms with Gasteiger partial charge in [-0.1, -0.05) is 0 Å². The summed E-state index contributed by atoms with van der Waals surface area (Å²) in [5.41, 5.74) is -1.74. The van der Waals surface area contributed by atoms with Gasteiger partial charge >= 0.3 is 5.69 Å². The average molecular weight is 287 g/mol. The van der Waals surface area contributed by atoms with Crippen LogP contribution in [0.2, 0.25) is 0 Å². The van der Waals surface area contributed by atoms with Crippen molar-refractivity contribution in [3.8, 4) is 0 Å². The van der Waals surface area contributed by atoms with E-state index in [1.807, 2.05) is 11.8 Å². The van der Waals surface area contributed by atoms with Crippen LogP contribution in [0.4, 0.5) is 14.5 Å². The molecule has 0 aliphatic carbocycles. The zero-order valence-corrected chi connectivity index (χ0v) is 11.3. The van der Waals surface area contributed by atoms with E-state index in [4.69, 9.17) is 0 Å². The Kier molecular flexibility index (Phi) is 5.09. The molecule has 0 spiro atoms. The van der Waals surface area contributed by atoms with E-state index in [1.165, 1.54) is 0 Å². The van der Waals surface area contributed by atoms with Crippen molar-refractivity contribution in [2.24, 2.45) is 0 Å². The van der Waals surface area contributed by atoms with E-state index in [9.17, 15) is 23.7 Å². The number of likely N-dealkylation sites (N-methyl/N-ethyl adjacent to an activating group) is 1. The van der Waals surface area contributed by atoms with Crippen molar-refractivity contribution in [3.05, 3.63) is 39.4 Å². The van der Waals surface area contributed by atoms with Crippen molar-refractivity contribution in [2.75, 3.05) is 20.6 Å². The van der Waals surface area contributed by atoms with Gasteiger partial charge in [0.05, 0.1) is 16.6 Å². The van der Waals surface area contributed by atoms with E-state index < -0.39 is 33.7 Å². The molecule has 0 aromatic heterocycles. The Balaban J connectivity index is 2.96. The molecule has 1 amide bonds. The quantitative estimate of drug-likeness (QED) is 0.658. The number of nitro groups is 1. The minimum absolute atomic E-state index is 0.0226. The maximum absolute atomic E-state index is 13.8. The number of carbonyl (C=O) groups is 1. The maximum atomic E-state index is 13.8. The van der Waals surface area contributed by atoms with E-state index in [0.29, 0.717) is 12.1 Å². The Morgan fingerprint density at radius 2 is 2.05 bits per heavy atom. The zero-order valence-electron chi connectivity index (χ0n) is 11.3. The molecule has 1 N–H and O–H groups in total. The highest BCUT2D eigenvalue weighted by molar-refractivity contribution is 5.95. The number of carbonyl (C=O) groups excluding carboxylic acids is 1. The SMILES string of the molecule is CC(CNC(=O)c1cc(F)cc([N+](=O)[O-])c1F)N(C)C. The molecule has 0 aliphatic heterocycles. The summed E-state index contributed by atoms with van der Waals surface area (Å²) < 4.78 is 27.0. The molecule has 0 heterocycles. The third-order valence-corrected chi connectivity index (χ3v) is 2.90. The number of amides is 1. The molecule has 1 aromatic rings. The molecule has 110 valence electrons. The van der Waals surface area contributed by atoms with Crippen molar-refractivity contribution >= 4 is 11.6 Å². The average Bonchev–Trinajstić information content (AvgIpc) is 2.37. The summed E-state index contributed by atoms with van der Waals surface area (Å²) in [6, 6.07) is 1.05. The molecule has 0 saturated carbocycles. The Hall–Kier alpha value is -2.09. The topological polar surface area (TPSA) is 75.5 Å². The van der Waals surface area contributed by atoms with Gasteiger partial charge in [-0.05, 0) is 27.1 Å². The Bertz CT molecular complexity index is 535. The zero-order chi connectivity index (χ0) is 15.4. The number of rotatable bonds is 5. The first-order chi connectivity index (χ1) is 9.23. The summed E-state index contributed by atoms with van der Waals surface area (Å²) in [5.74, 6) is -3.27. The molecule has 0 saturated heterocycles. The molecule has 1 atom stereocenters. The smallest absolute Gasteiger partial charge is 0.308 e. The number of hydrogen-bond donors (Lipinski definition) is 1. The third-order valence-electron chi connectivity index (χ3n) is 2.90. The minimum atomic E-state index is -1.34. The molecule has 6 nitrogen and oxygen atoms in total. The van der Waals surface area contributed by atoms with Gasteiger partial charge in [0.1, 0.15) is 5.82 Å². The summed E-state index contributed by atoms with van der Waals surface area (Å²) in [4.78, 5) is 23.1. The molecule has 0 bridgehead atoms. The van der Waals surface area contributed by atoms with Crippen molar-refractivity contribution < 1.29 is 18.5 Å². The summed E-state index contributed by atoms with van der Waals surface area (Å²) >= 11 is 0. The summed E-state index contributed by atoms with van der Waals surface area (Å²) in [5, 5.41) is 13.0. The monoisotopic (exact) mass is 287 g/mol. The highest BCUT2D eigenvalue weighted by Gasteiger charge is 2.24. The van der Waals surface area contributed by atoms with E-state index in [0.717, 1.165) is 0 Å². The number of nitro benzene ring substituents is 1. The maximum Gasteiger partial charge on any atom is 0.308 e. The Morgan fingerprint density at radius 3 is 2.55 bits per heavy atom. The molecule has 1 rings (SSSR count). The van der Waals surface area contributed by atoms with Gasteiger partial charge in [-0.3, -0.25) is 14.9 Å². The fourth-order valence-corrected chi connectivity index (χ4v) is 1.39. The van der Waals surface area contributed by atoms with Crippen LogP contribution in [0.15, 0.2) is 12.1 Å². The molecule has 0 radical (unpaired) electrons. The lowest BCUT2D eigenvalue weighted by Gasteiger charge is -2.20. The fraction of sp³-hybridized carbons (Fsp3) is 0.417.